The van der Waals surface area contributed by atoms with Gasteiger partial charge in [0.25, 0.3) is 11.8 Å². The Kier molecular flexibility index (Phi) is 7.22. The highest BCUT2D eigenvalue weighted by molar-refractivity contribution is 6.42. The summed E-state index contributed by atoms with van der Waals surface area (Å²) in [5.41, 5.74) is 2.49. The second kappa shape index (κ2) is 11.0. The number of rotatable bonds is 7. The van der Waals surface area contributed by atoms with Crippen LogP contribution in [0.15, 0.2) is 89.9 Å². The van der Waals surface area contributed by atoms with E-state index in [1.54, 1.807) is 30.5 Å². The van der Waals surface area contributed by atoms with Crippen molar-refractivity contribution in [1.82, 2.24) is 9.80 Å². The van der Waals surface area contributed by atoms with Gasteiger partial charge in [0, 0.05) is 41.7 Å². The molecular formula is C33H25Cl2N3O3. The van der Waals surface area contributed by atoms with Crippen LogP contribution in [0.3, 0.4) is 0 Å². The number of aliphatic imine (C=N–C) groups is 1. The fourth-order valence-electron chi connectivity index (χ4n) is 5.07. The quantitative estimate of drug-likeness (QED) is 0.111. The number of ether oxygens (including phenoxy) is 1. The molecule has 0 radical (unpaired) electrons. The highest BCUT2D eigenvalue weighted by Gasteiger charge is 2.34. The van der Waals surface area contributed by atoms with E-state index in [0.29, 0.717) is 56.8 Å². The van der Waals surface area contributed by atoms with Crippen LogP contribution < -0.4 is 4.74 Å². The lowest BCUT2D eigenvalue weighted by atomic mass is 9.89. The number of amides is 2. The topological polar surface area (TPSA) is 62.2 Å². The maximum atomic E-state index is 13.9. The van der Waals surface area contributed by atoms with Crippen LogP contribution in [0.1, 0.15) is 26.3 Å². The number of hydrogen-bond acceptors (Lipinski definition) is 5. The predicted octanol–water partition coefficient (Wildman–Crippen LogP) is 8.00. The normalized spacial score (nSPS) is 13.2. The van der Waals surface area contributed by atoms with Crippen molar-refractivity contribution in [2.75, 3.05) is 27.2 Å². The summed E-state index contributed by atoms with van der Waals surface area (Å²) in [5, 5.41) is 4.00. The minimum absolute atomic E-state index is 0.269. The van der Waals surface area contributed by atoms with Crippen LogP contribution in [0, 0.1) is 0 Å². The third kappa shape index (κ3) is 5.18. The average molecular weight is 582 g/mol. The molecule has 2 amide bonds. The van der Waals surface area contributed by atoms with Gasteiger partial charge in [-0.15, -0.1) is 0 Å². The maximum absolute atomic E-state index is 13.9. The zero-order chi connectivity index (χ0) is 28.7. The van der Waals surface area contributed by atoms with Crippen LogP contribution in [0.5, 0.6) is 11.5 Å². The van der Waals surface area contributed by atoms with Gasteiger partial charge in [-0.25, -0.2) is 0 Å². The largest absolute Gasteiger partial charge is 0.457 e. The Morgan fingerprint density at radius 3 is 2.32 bits per heavy atom. The second-order valence-electron chi connectivity index (χ2n) is 10.1. The lowest BCUT2D eigenvalue weighted by molar-refractivity contribution is 0.0602. The van der Waals surface area contributed by atoms with Crippen LogP contribution in [0.2, 0.25) is 10.0 Å². The molecule has 0 unspecified atom stereocenters. The number of fused-ring (bicyclic) bond motifs is 2. The molecular weight excluding hydrogens is 557 g/mol. The van der Waals surface area contributed by atoms with Crippen molar-refractivity contribution < 1.29 is 14.3 Å². The molecule has 5 aromatic carbocycles. The van der Waals surface area contributed by atoms with E-state index in [1.165, 1.54) is 4.90 Å². The lowest BCUT2D eigenvalue weighted by Crippen LogP contribution is -2.43. The highest BCUT2D eigenvalue weighted by atomic mass is 35.5. The smallest absolute Gasteiger partial charge is 0.262 e. The molecule has 0 bridgehead atoms. The Hall–Kier alpha value is -4.23. The molecule has 0 fully saturated rings. The summed E-state index contributed by atoms with van der Waals surface area (Å²) in [4.78, 5) is 35.4. The van der Waals surface area contributed by atoms with Crippen molar-refractivity contribution in [1.29, 1.82) is 0 Å². The average Bonchev–Trinajstić information content (AvgIpc) is 2.95. The number of benzene rings is 5. The monoisotopic (exact) mass is 581 g/mol. The van der Waals surface area contributed by atoms with Crippen LogP contribution >= 0.6 is 23.2 Å². The summed E-state index contributed by atoms with van der Waals surface area (Å²) in [7, 11) is 3.83. The molecule has 1 aliphatic rings. The van der Waals surface area contributed by atoms with Gasteiger partial charge in [0.2, 0.25) is 0 Å². The van der Waals surface area contributed by atoms with Gasteiger partial charge in [-0.2, -0.15) is 0 Å². The summed E-state index contributed by atoms with van der Waals surface area (Å²) in [6.07, 6.45) is 1.74. The molecule has 6 nitrogen and oxygen atoms in total. The zero-order valence-corrected chi connectivity index (χ0v) is 23.9. The molecule has 204 valence electrons. The van der Waals surface area contributed by atoms with Gasteiger partial charge in [0.1, 0.15) is 11.5 Å². The highest BCUT2D eigenvalue weighted by Crippen LogP contribution is 2.40. The van der Waals surface area contributed by atoms with Crippen LogP contribution in [0.25, 0.3) is 21.5 Å². The van der Waals surface area contributed by atoms with Crippen molar-refractivity contribution >= 4 is 68.5 Å². The Labute approximate surface area is 247 Å². The lowest BCUT2D eigenvalue weighted by Gasteiger charge is -2.29. The maximum Gasteiger partial charge on any atom is 0.262 e. The van der Waals surface area contributed by atoms with Gasteiger partial charge < -0.3 is 9.64 Å². The first-order valence-electron chi connectivity index (χ1n) is 13.1. The summed E-state index contributed by atoms with van der Waals surface area (Å²) >= 11 is 12.2. The Morgan fingerprint density at radius 2 is 1.54 bits per heavy atom. The summed E-state index contributed by atoms with van der Waals surface area (Å²) in [6.45, 7) is 0.868. The fourth-order valence-corrected chi connectivity index (χ4v) is 5.35. The van der Waals surface area contributed by atoms with Gasteiger partial charge in [0.15, 0.2) is 0 Å². The van der Waals surface area contributed by atoms with Gasteiger partial charge in [-0.05, 0) is 72.9 Å². The summed E-state index contributed by atoms with van der Waals surface area (Å²) < 4.78 is 5.97. The van der Waals surface area contributed by atoms with E-state index >= 15 is 0 Å². The molecule has 0 aliphatic carbocycles. The number of carbonyl (C=O) groups excluding carboxylic acids is 2. The van der Waals surface area contributed by atoms with Gasteiger partial charge in [-0.3, -0.25) is 19.5 Å². The predicted molar refractivity (Wildman–Crippen MR) is 166 cm³/mol. The zero-order valence-electron chi connectivity index (χ0n) is 22.4. The van der Waals surface area contributed by atoms with Crippen LogP contribution in [0.4, 0.5) is 5.69 Å². The van der Waals surface area contributed by atoms with Crippen molar-refractivity contribution in [3.63, 3.8) is 0 Å². The molecule has 41 heavy (non-hydrogen) atoms. The Bertz CT molecular complexity index is 1880. The SMILES string of the molecule is CN(C)CCN1C(=O)c2cccc3cc4cccc(N=Cc5cccc(Oc6ccc(Cl)c(Cl)c6)c5)c4c(c23)C1=O. The molecule has 1 aliphatic heterocycles. The number of hydrogen-bond donors (Lipinski definition) is 0. The Morgan fingerprint density at radius 1 is 0.805 bits per heavy atom. The van der Waals surface area contributed by atoms with Crippen molar-refractivity contribution in [3.05, 3.63) is 112 Å². The van der Waals surface area contributed by atoms with Crippen LogP contribution in [-0.4, -0.2) is 55.0 Å². The van der Waals surface area contributed by atoms with E-state index in [0.717, 1.165) is 21.7 Å². The third-order valence-electron chi connectivity index (χ3n) is 7.03. The number of carbonyl (C=O) groups is 2. The first-order valence-corrected chi connectivity index (χ1v) is 13.8. The molecule has 6 rings (SSSR count). The molecule has 0 saturated carbocycles. The number of nitrogens with zero attached hydrogens (tertiary/aromatic N) is 3. The van der Waals surface area contributed by atoms with Crippen molar-refractivity contribution in [2.45, 2.75) is 0 Å². The van der Waals surface area contributed by atoms with E-state index in [9.17, 15) is 9.59 Å². The Balaban J connectivity index is 1.42. The van der Waals surface area contributed by atoms with E-state index in [-0.39, 0.29) is 11.8 Å². The number of halogens is 2. The standard InChI is InChI=1S/C33H25Cl2N3O3/c1-37(2)14-15-38-32(39)25-10-4-7-21-17-22-8-5-11-28(30(22)31(29(21)25)33(38)40)36-19-20-6-3-9-23(16-20)41-24-12-13-26(34)27(35)18-24/h3-13,16-19H,14-15H2,1-2H3. The minimum atomic E-state index is -0.300. The van der Waals surface area contributed by atoms with E-state index < -0.39 is 0 Å². The van der Waals surface area contributed by atoms with Gasteiger partial charge in [0.05, 0.1) is 21.3 Å². The molecule has 0 N–H and O–H groups in total. The molecule has 0 saturated heterocycles. The van der Waals surface area contributed by atoms with Crippen LogP contribution in [-0.2, 0) is 0 Å². The molecule has 8 heteroatoms. The molecule has 1 heterocycles. The third-order valence-corrected chi connectivity index (χ3v) is 7.76. The number of likely N-dealkylation sites (N-methyl/N-ethyl adjacent to an activating group) is 1. The fraction of sp³-hybridized carbons (Fsp3) is 0.121. The first-order chi connectivity index (χ1) is 19.8. The number of imide groups is 1. The molecule has 5 aromatic rings. The summed E-state index contributed by atoms with van der Waals surface area (Å²) in [5.74, 6) is 0.609. The van der Waals surface area contributed by atoms with Gasteiger partial charge in [-0.1, -0.05) is 59.6 Å². The molecule has 0 atom stereocenters. The molecule has 0 spiro atoms. The van der Waals surface area contributed by atoms with Gasteiger partial charge >= 0.3 is 0 Å². The van der Waals surface area contributed by atoms with E-state index in [1.807, 2.05) is 79.7 Å². The van der Waals surface area contributed by atoms with Crippen molar-refractivity contribution in [2.24, 2.45) is 4.99 Å². The molecule has 0 aromatic heterocycles. The summed E-state index contributed by atoms with van der Waals surface area (Å²) in [6, 6.07) is 26.0. The first kappa shape index (κ1) is 27.0. The van der Waals surface area contributed by atoms with E-state index in [2.05, 4.69) is 0 Å². The van der Waals surface area contributed by atoms with Crippen molar-refractivity contribution in [3.8, 4) is 11.5 Å². The second-order valence-corrected chi connectivity index (χ2v) is 10.9. The minimum Gasteiger partial charge on any atom is -0.457 e. The van der Waals surface area contributed by atoms with E-state index in [4.69, 9.17) is 32.9 Å².